The van der Waals surface area contributed by atoms with Crippen molar-refractivity contribution in [3.05, 3.63) is 29.3 Å². The zero-order chi connectivity index (χ0) is 8.10. The van der Waals surface area contributed by atoms with Gasteiger partial charge >= 0.3 is 0 Å². The molecule has 1 aromatic rings. The van der Waals surface area contributed by atoms with Crippen LogP contribution in [0.15, 0.2) is 24.3 Å². The summed E-state index contributed by atoms with van der Waals surface area (Å²) in [5.74, 6) is 0.712. The number of benzene rings is 1. The molecular weight excluding hydrogens is 162 g/mol. The fraction of sp³-hybridized carbons (Fsp3) is 0.250. The van der Waals surface area contributed by atoms with Crippen LogP contribution in [0, 0.1) is 0 Å². The first-order chi connectivity index (χ1) is 5.34. The van der Waals surface area contributed by atoms with Crippen molar-refractivity contribution in [3.8, 4) is 5.75 Å². The predicted molar refractivity (Wildman–Crippen MR) is 46.0 cm³/mol. The van der Waals surface area contributed by atoms with Gasteiger partial charge in [-0.3, -0.25) is 5.32 Å². The van der Waals surface area contributed by atoms with E-state index in [9.17, 15) is 0 Å². The van der Waals surface area contributed by atoms with Crippen molar-refractivity contribution < 1.29 is 4.74 Å². The van der Waals surface area contributed by atoms with Crippen LogP contribution >= 0.6 is 11.6 Å². The van der Waals surface area contributed by atoms with Gasteiger partial charge in [-0.1, -0.05) is 23.7 Å². The van der Waals surface area contributed by atoms with Crippen molar-refractivity contribution in [3.63, 3.8) is 0 Å². The SMILES string of the molecule is CNCOc1ccccc1Cl. The highest BCUT2D eigenvalue weighted by atomic mass is 35.5. The van der Waals surface area contributed by atoms with Crippen LogP contribution in [0.25, 0.3) is 0 Å². The highest BCUT2D eigenvalue weighted by Crippen LogP contribution is 2.22. The van der Waals surface area contributed by atoms with Gasteiger partial charge in [-0.15, -0.1) is 0 Å². The molecule has 11 heavy (non-hydrogen) atoms. The molecule has 0 aliphatic heterocycles. The van der Waals surface area contributed by atoms with E-state index >= 15 is 0 Å². The fourth-order valence-electron chi connectivity index (χ4n) is 0.712. The van der Waals surface area contributed by atoms with E-state index in [1.54, 1.807) is 6.07 Å². The zero-order valence-electron chi connectivity index (χ0n) is 6.30. The lowest BCUT2D eigenvalue weighted by Crippen LogP contribution is -2.14. The molecule has 60 valence electrons. The van der Waals surface area contributed by atoms with E-state index in [1.165, 1.54) is 0 Å². The molecule has 0 bridgehead atoms. The van der Waals surface area contributed by atoms with Crippen LogP contribution in [0.3, 0.4) is 0 Å². The first-order valence-corrected chi connectivity index (χ1v) is 3.74. The topological polar surface area (TPSA) is 21.3 Å². The summed E-state index contributed by atoms with van der Waals surface area (Å²) >= 11 is 5.81. The predicted octanol–water partition coefficient (Wildman–Crippen LogP) is 1.90. The second-order valence-electron chi connectivity index (χ2n) is 2.07. The Bertz CT molecular complexity index is 227. The van der Waals surface area contributed by atoms with E-state index in [4.69, 9.17) is 16.3 Å². The fourth-order valence-corrected chi connectivity index (χ4v) is 0.902. The maximum absolute atomic E-state index is 5.81. The minimum Gasteiger partial charge on any atom is -0.477 e. The zero-order valence-corrected chi connectivity index (χ0v) is 7.06. The van der Waals surface area contributed by atoms with Gasteiger partial charge in [-0.25, -0.2) is 0 Å². The second kappa shape index (κ2) is 4.21. The second-order valence-corrected chi connectivity index (χ2v) is 2.48. The molecule has 0 saturated carbocycles. The summed E-state index contributed by atoms with van der Waals surface area (Å²) in [6, 6.07) is 7.39. The standard InChI is InChI=1S/C8H10ClNO/c1-10-6-11-8-5-3-2-4-7(8)9/h2-5,10H,6H2,1H3. The molecule has 0 aliphatic rings. The van der Waals surface area contributed by atoms with Gasteiger partial charge in [0, 0.05) is 0 Å². The number of rotatable bonds is 3. The maximum Gasteiger partial charge on any atom is 0.139 e. The minimum absolute atomic E-state index is 0.476. The third kappa shape index (κ3) is 2.41. The summed E-state index contributed by atoms with van der Waals surface area (Å²) in [5.41, 5.74) is 0. The Morgan fingerprint density at radius 2 is 2.18 bits per heavy atom. The molecule has 3 heteroatoms. The molecule has 0 fully saturated rings. The molecule has 1 aromatic carbocycles. The van der Waals surface area contributed by atoms with Gasteiger partial charge in [0.05, 0.1) is 5.02 Å². The lowest BCUT2D eigenvalue weighted by molar-refractivity contribution is 0.296. The molecule has 2 nitrogen and oxygen atoms in total. The largest absolute Gasteiger partial charge is 0.477 e. The third-order valence-electron chi connectivity index (χ3n) is 1.21. The number of hydrogen-bond donors (Lipinski definition) is 1. The van der Waals surface area contributed by atoms with Crippen molar-refractivity contribution in [1.82, 2.24) is 5.32 Å². The molecule has 1 N–H and O–H groups in total. The van der Waals surface area contributed by atoms with Gasteiger partial charge < -0.3 is 4.74 Å². The van der Waals surface area contributed by atoms with Gasteiger partial charge in [0.1, 0.15) is 12.5 Å². The van der Waals surface area contributed by atoms with Crippen molar-refractivity contribution in [2.75, 3.05) is 13.8 Å². The van der Waals surface area contributed by atoms with Gasteiger partial charge in [0.15, 0.2) is 0 Å². The van der Waals surface area contributed by atoms with Crippen molar-refractivity contribution in [2.45, 2.75) is 0 Å². The number of hydrogen-bond acceptors (Lipinski definition) is 2. The third-order valence-corrected chi connectivity index (χ3v) is 1.52. The van der Waals surface area contributed by atoms with Crippen molar-refractivity contribution in [1.29, 1.82) is 0 Å². The van der Waals surface area contributed by atoms with Crippen LogP contribution < -0.4 is 10.1 Å². The molecule has 0 amide bonds. The smallest absolute Gasteiger partial charge is 0.139 e. The van der Waals surface area contributed by atoms with Crippen LogP contribution in [-0.4, -0.2) is 13.8 Å². The van der Waals surface area contributed by atoms with Crippen LogP contribution in [0.5, 0.6) is 5.75 Å². The average molecular weight is 172 g/mol. The Hall–Kier alpha value is -0.730. The minimum atomic E-state index is 0.476. The highest BCUT2D eigenvalue weighted by Gasteiger charge is 1.96. The normalized spacial score (nSPS) is 9.64. The molecule has 0 saturated heterocycles. The highest BCUT2D eigenvalue weighted by molar-refractivity contribution is 6.32. The first-order valence-electron chi connectivity index (χ1n) is 3.36. The van der Waals surface area contributed by atoms with Crippen molar-refractivity contribution in [2.24, 2.45) is 0 Å². The molecule has 0 radical (unpaired) electrons. The van der Waals surface area contributed by atoms with E-state index in [0.29, 0.717) is 17.5 Å². The van der Waals surface area contributed by atoms with Gasteiger partial charge in [-0.05, 0) is 19.2 Å². The van der Waals surface area contributed by atoms with Gasteiger partial charge in [-0.2, -0.15) is 0 Å². The molecule has 0 heterocycles. The van der Waals surface area contributed by atoms with E-state index < -0.39 is 0 Å². The Morgan fingerprint density at radius 1 is 1.45 bits per heavy atom. The molecule has 0 aromatic heterocycles. The number of nitrogens with one attached hydrogen (secondary N) is 1. The lowest BCUT2D eigenvalue weighted by atomic mass is 10.3. The number of para-hydroxylation sites is 1. The molecule has 0 atom stereocenters. The van der Waals surface area contributed by atoms with Crippen molar-refractivity contribution >= 4 is 11.6 Å². The van der Waals surface area contributed by atoms with E-state index in [2.05, 4.69) is 5.32 Å². The maximum atomic E-state index is 5.81. The molecule has 0 spiro atoms. The molecular formula is C8H10ClNO. The van der Waals surface area contributed by atoms with Gasteiger partial charge in [0.25, 0.3) is 0 Å². The molecule has 0 unspecified atom stereocenters. The van der Waals surface area contributed by atoms with Crippen LogP contribution in [0.4, 0.5) is 0 Å². The molecule has 0 aliphatic carbocycles. The summed E-state index contributed by atoms with van der Waals surface area (Å²) in [4.78, 5) is 0. The lowest BCUT2D eigenvalue weighted by Gasteiger charge is -2.05. The van der Waals surface area contributed by atoms with Crippen LogP contribution in [0.1, 0.15) is 0 Å². The summed E-state index contributed by atoms with van der Waals surface area (Å²) in [5, 5.41) is 3.50. The van der Waals surface area contributed by atoms with Gasteiger partial charge in [0.2, 0.25) is 0 Å². The Balaban J connectivity index is 2.62. The summed E-state index contributed by atoms with van der Waals surface area (Å²) in [6.45, 7) is 0.476. The number of ether oxygens (including phenoxy) is 1. The Kier molecular flexibility index (Phi) is 3.20. The number of halogens is 1. The van der Waals surface area contributed by atoms with E-state index in [1.807, 2.05) is 25.2 Å². The summed E-state index contributed by atoms with van der Waals surface area (Å²) in [6.07, 6.45) is 0. The average Bonchev–Trinajstić information content (AvgIpc) is 2.03. The Morgan fingerprint density at radius 3 is 2.82 bits per heavy atom. The van der Waals surface area contributed by atoms with E-state index in [0.717, 1.165) is 0 Å². The molecule has 1 rings (SSSR count). The quantitative estimate of drug-likeness (QED) is 0.702. The summed E-state index contributed by atoms with van der Waals surface area (Å²) in [7, 11) is 1.82. The van der Waals surface area contributed by atoms with Crippen LogP contribution in [-0.2, 0) is 0 Å². The van der Waals surface area contributed by atoms with E-state index in [-0.39, 0.29) is 0 Å². The summed E-state index contributed by atoms with van der Waals surface area (Å²) < 4.78 is 5.24. The van der Waals surface area contributed by atoms with Crippen LogP contribution in [0.2, 0.25) is 5.02 Å². The first kappa shape index (κ1) is 8.37. The Labute approximate surface area is 71.1 Å². The monoisotopic (exact) mass is 171 g/mol.